The van der Waals surface area contributed by atoms with Crippen molar-refractivity contribution < 1.29 is 8.42 Å². The lowest BCUT2D eigenvalue weighted by Gasteiger charge is -2.29. The number of rotatable bonds is 3. The SMILES string of the molecule is C[C@@H]1CCCC[C@@H]1NS(=O)(=O)c1ccc2ccccc2c1. The summed E-state index contributed by atoms with van der Waals surface area (Å²) in [5.74, 6) is 0.411. The van der Waals surface area contributed by atoms with Gasteiger partial charge in [0.25, 0.3) is 0 Å². The molecule has 0 radical (unpaired) electrons. The molecule has 1 N–H and O–H groups in total. The van der Waals surface area contributed by atoms with E-state index in [0.29, 0.717) is 10.8 Å². The van der Waals surface area contributed by atoms with Crippen LogP contribution < -0.4 is 4.72 Å². The molecular weight excluding hydrogens is 282 g/mol. The maximum absolute atomic E-state index is 12.6. The minimum absolute atomic E-state index is 0.0650. The van der Waals surface area contributed by atoms with Gasteiger partial charge in [0, 0.05) is 6.04 Å². The maximum Gasteiger partial charge on any atom is 0.240 e. The molecule has 21 heavy (non-hydrogen) atoms. The molecule has 2 atom stereocenters. The van der Waals surface area contributed by atoms with E-state index >= 15 is 0 Å². The second-order valence-corrected chi connectivity index (χ2v) is 7.71. The summed E-state index contributed by atoms with van der Waals surface area (Å²) < 4.78 is 28.1. The highest BCUT2D eigenvalue weighted by Crippen LogP contribution is 2.26. The van der Waals surface area contributed by atoms with Crippen LogP contribution in [0.5, 0.6) is 0 Å². The monoisotopic (exact) mass is 303 g/mol. The zero-order chi connectivity index (χ0) is 14.9. The van der Waals surface area contributed by atoms with E-state index in [1.165, 1.54) is 6.42 Å². The highest BCUT2D eigenvalue weighted by atomic mass is 32.2. The Labute approximate surface area is 126 Å². The summed E-state index contributed by atoms with van der Waals surface area (Å²) in [6, 6.07) is 13.2. The zero-order valence-corrected chi connectivity index (χ0v) is 13.1. The van der Waals surface area contributed by atoms with Crippen molar-refractivity contribution in [2.24, 2.45) is 5.92 Å². The summed E-state index contributed by atoms with van der Waals surface area (Å²) in [7, 11) is -3.43. The Kier molecular flexibility index (Phi) is 4.00. The van der Waals surface area contributed by atoms with Gasteiger partial charge in [0.05, 0.1) is 4.90 Å². The van der Waals surface area contributed by atoms with Crippen LogP contribution in [0.4, 0.5) is 0 Å². The Balaban J connectivity index is 1.88. The minimum atomic E-state index is -3.43. The molecule has 0 heterocycles. The Hall–Kier alpha value is -1.39. The van der Waals surface area contributed by atoms with Gasteiger partial charge in [0.15, 0.2) is 0 Å². The molecule has 1 saturated carbocycles. The van der Waals surface area contributed by atoms with Crippen LogP contribution >= 0.6 is 0 Å². The summed E-state index contributed by atoms with van der Waals surface area (Å²) in [4.78, 5) is 0.360. The van der Waals surface area contributed by atoms with E-state index in [1.54, 1.807) is 12.1 Å². The van der Waals surface area contributed by atoms with E-state index in [9.17, 15) is 8.42 Å². The van der Waals surface area contributed by atoms with Gasteiger partial charge in [0.2, 0.25) is 10.0 Å². The maximum atomic E-state index is 12.6. The lowest BCUT2D eigenvalue weighted by molar-refractivity contribution is 0.310. The van der Waals surface area contributed by atoms with Gasteiger partial charge < -0.3 is 0 Å². The summed E-state index contributed by atoms with van der Waals surface area (Å²) in [5.41, 5.74) is 0. The average molecular weight is 303 g/mol. The molecule has 3 nitrogen and oxygen atoms in total. The molecule has 0 amide bonds. The minimum Gasteiger partial charge on any atom is -0.208 e. The molecule has 4 heteroatoms. The van der Waals surface area contributed by atoms with E-state index in [1.807, 2.05) is 30.3 Å². The third-order valence-electron chi connectivity index (χ3n) is 4.45. The number of fused-ring (bicyclic) bond motifs is 1. The van der Waals surface area contributed by atoms with Crippen LogP contribution in [-0.2, 0) is 10.0 Å². The topological polar surface area (TPSA) is 46.2 Å². The molecule has 2 aromatic rings. The smallest absolute Gasteiger partial charge is 0.208 e. The molecular formula is C17H21NO2S. The van der Waals surface area contributed by atoms with Crippen molar-refractivity contribution in [1.82, 2.24) is 4.72 Å². The van der Waals surface area contributed by atoms with Gasteiger partial charge in [0.1, 0.15) is 0 Å². The predicted octanol–water partition coefficient (Wildman–Crippen LogP) is 3.70. The molecule has 0 aromatic heterocycles. The second-order valence-electron chi connectivity index (χ2n) is 6.00. The first-order valence-corrected chi connectivity index (χ1v) is 9.06. The predicted molar refractivity (Wildman–Crippen MR) is 85.7 cm³/mol. The summed E-state index contributed by atoms with van der Waals surface area (Å²) in [6.45, 7) is 2.13. The number of hydrogen-bond acceptors (Lipinski definition) is 2. The van der Waals surface area contributed by atoms with Crippen LogP contribution in [-0.4, -0.2) is 14.5 Å². The van der Waals surface area contributed by atoms with Crippen molar-refractivity contribution in [2.75, 3.05) is 0 Å². The first-order chi connectivity index (χ1) is 10.1. The molecule has 0 unspecified atom stereocenters. The lowest BCUT2D eigenvalue weighted by Crippen LogP contribution is -2.40. The molecule has 112 valence electrons. The third-order valence-corrected chi connectivity index (χ3v) is 5.94. The van der Waals surface area contributed by atoms with Crippen LogP contribution in [0.3, 0.4) is 0 Å². The van der Waals surface area contributed by atoms with Crippen LogP contribution in [0.15, 0.2) is 47.4 Å². The third kappa shape index (κ3) is 3.11. The molecule has 0 bridgehead atoms. The summed E-state index contributed by atoms with van der Waals surface area (Å²) in [5, 5.41) is 2.01. The molecule has 1 aliphatic carbocycles. The van der Waals surface area contributed by atoms with Gasteiger partial charge in [-0.2, -0.15) is 0 Å². The van der Waals surface area contributed by atoms with E-state index in [0.717, 1.165) is 30.0 Å². The Bertz CT molecular complexity index is 739. The second kappa shape index (κ2) is 5.78. The van der Waals surface area contributed by atoms with Crippen molar-refractivity contribution in [3.05, 3.63) is 42.5 Å². The fourth-order valence-electron chi connectivity index (χ4n) is 3.09. The molecule has 3 rings (SSSR count). The normalized spacial score (nSPS) is 23.3. The van der Waals surface area contributed by atoms with Crippen LogP contribution in [0.25, 0.3) is 10.8 Å². The zero-order valence-electron chi connectivity index (χ0n) is 12.2. The van der Waals surface area contributed by atoms with Crippen molar-refractivity contribution in [3.63, 3.8) is 0 Å². The summed E-state index contributed by atoms with van der Waals surface area (Å²) >= 11 is 0. The molecule has 2 aromatic carbocycles. The van der Waals surface area contributed by atoms with E-state index in [4.69, 9.17) is 0 Å². The Morgan fingerprint density at radius 2 is 1.71 bits per heavy atom. The standard InChI is InChI=1S/C17H21NO2S/c1-13-6-2-5-9-17(13)18-21(19,20)16-11-10-14-7-3-4-8-15(14)12-16/h3-4,7-8,10-13,17-18H,2,5-6,9H2,1H3/t13-,17+/m1/s1. The first kappa shape index (κ1) is 14.5. The van der Waals surface area contributed by atoms with Crippen LogP contribution in [0.1, 0.15) is 32.6 Å². The van der Waals surface area contributed by atoms with Gasteiger partial charge in [-0.25, -0.2) is 13.1 Å². The van der Waals surface area contributed by atoms with Gasteiger partial charge in [-0.3, -0.25) is 0 Å². The number of sulfonamides is 1. The molecule has 0 saturated heterocycles. The van der Waals surface area contributed by atoms with Crippen molar-refractivity contribution in [1.29, 1.82) is 0 Å². The van der Waals surface area contributed by atoms with Crippen molar-refractivity contribution in [2.45, 2.75) is 43.5 Å². The van der Waals surface area contributed by atoms with E-state index < -0.39 is 10.0 Å². The van der Waals surface area contributed by atoms with E-state index in [-0.39, 0.29) is 6.04 Å². The number of nitrogens with one attached hydrogen (secondary N) is 1. The fourth-order valence-corrected chi connectivity index (χ4v) is 4.51. The lowest BCUT2D eigenvalue weighted by atomic mass is 9.87. The average Bonchev–Trinajstić information content (AvgIpc) is 2.49. The van der Waals surface area contributed by atoms with Crippen molar-refractivity contribution in [3.8, 4) is 0 Å². The van der Waals surface area contributed by atoms with Gasteiger partial charge in [-0.1, -0.05) is 50.1 Å². The van der Waals surface area contributed by atoms with Gasteiger partial charge in [-0.15, -0.1) is 0 Å². The van der Waals surface area contributed by atoms with Crippen molar-refractivity contribution >= 4 is 20.8 Å². The Morgan fingerprint density at radius 3 is 2.48 bits per heavy atom. The van der Waals surface area contributed by atoms with Crippen LogP contribution in [0.2, 0.25) is 0 Å². The number of benzene rings is 2. The summed E-state index contributed by atoms with van der Waals surface area (Å²) in [6.07, 6.45) is 4.35. The fraction of sp³-hybridized carbons (Fsp3) is 0.412. The van der Waals surface area contributed by atoms with Gasteiger partial charge in [-0.05, 0) is 41.7 Å². The molecule has 1 fully saturated rings. The highest BCUT2D eigenvalue weighted by molar-refractivity contribution is 7.89. The number of hydrogen-bond donors (Lipinski definition) is 1. The van der Waals surface area contributed by atoms with Crippen LogP contribution in [0, 0.1) is 5.92 Å². The molecule has 0 spiro atoms. The highest BCUT2D eigenvalue weighted by Gasteiger charge is 2.26. The molecule has 0 aliphatic heterocycles. The quantitative estimate of drug-likeness (QED) is 0.940. The largest absolute Gasteiger partial charge is 0.240 e. The van der Waals surface area contributed by atoms with E-state index in [2.05, 4.69) is 11.6 Å². The molecule has 1 aliphatic rings. The Morgan fingerprint density at radius 1 is 1.00 bits per heavy atom. The first-order valence-electron chi connectivity index (χ1n) is 7.57. The van der Waals surface area contributed by atoms with Gasteiger partial charge >= 0.3 is 0 Å².